The fourth-order valence-corrected chi connectivity index (χ4v) is 2.91. The van der Waals surface area contributed by atoms with Gasteiger partial charge in [-0.05, 0) is 40.7 Å². The molecule has 1 aliphatic rings. The summed E-state index contributed by atoms with van der Waals surface area (Å²) >= 11 is 0. The molecule has 0 atom stereocenters. The largest absolute Gasteiger partial charge is 0.515 e. The summed E-state index contributed by atoms with van der Waals surface area (Å²) in [5.74, 6) is -0.624. The quantitative estimate of drug-likeness (QED) is 0.608. The highest BCUT2D eigenvalue weighted by atomic mass is 16.7. The lowest BCUT2D eigenvalue weighted by atomic mass is 9.74. The van der Waals surface area contributed by atoms with Crippen LogP contribution in [0, 0.1) is 0 Å². The van der Waals surface area contributed by atoms with Gasteiger partial charge in [0.25, 0.3) is 5.91 Å². The minimum Gasteiger partial charge on any atom is -0.422 e. The molecular weight excluding hydrogens is 333 g/mol. The highest BCUT2D eigenvalue weighted by molar-refractivity contribution is 6.62. The van der Waals surface area contributed by atoms with Crippen molar-refractivity contribution in [1.29, 1.82) is 0 Å². The van der Waals surface area contributed by atoms with E-state index in [4.69, 9.17) is 4.76 Å². The second-order valence-corrected chi connectivity index (χ2v) is 5.99. The standard InChI is InChI=1S/C18H14BN3O4/c23-17(21-14-3-2-13-10-20-6-5-12(13)9-14)8-11-1-4-15-16(7-11)19(25)26-22-18(15)24/h1-7,9-10,25H,8H2,(H,21,23)(H,22,24). The molecule has 0 saturated heterocycles. The second kappa shape index (κ2) is 6.59. The lowest BCUT2D eigenvalue weighted by molar-refractivity contribution is -0.115. The van der Waals surface area contributed by atoms with Gasteiger partial charge in [0.2, 0.25) is 5.91 Å². The Bertz CT molecular complexity index is 1020. The molecule has 26 heavy (non-hydrogen) atoms. The van der Waals surface area contributed by atoms with Crippen LogP contribution in [0.25, 0.3) is 10.8 Å². The summed E-state index contributed by atoms with van der Waals surface area (Å²) in [6.07, 6.45) is 3.57. The van der Waals surface area contributed by atoms with Gasteiger partial charge in [-0.2, -0.15) is 0 Å². The molecule has 0 spiro atoms. The molecule has 0 aliphatic carbocycles. The van der Waals surface area contributed by atoms with Gasteiger partial charge in [0, 0.05) is 29.0 Å². The van der Waals surface area contributed by atoms with E-state index in [1.807, 2.05) is 24.3 Å². The number of aromatic nitrogens is 1. The monoisotopic (exact) mass is 347 g/mol. The summed E-state index contributed by atoms with van der Waals surface area (Å²) in [5, 5.41) is 14.7. The average molecular weight is 347 g/mol. The van der Waals surface area contributed by atoms with Crippen molar-refractivity contribution in [2.45, 2.75) is 6.42 Å². The van der Waals surface area contributed by atoms with Crippen molar-refractivity contribution < 1.29 is 19.4 Å². The van der Waals surface area contributed by atoms with Crippen molar-refractivity contribution >= 4 is 40.9 Å². The number of nitrogens with zero attached hydrogens (tertiary/aromatic N) is 1. The Morgan fingerprint density at radius 1 is 1.19 bits per heavy atom. The van der Waals surface area contributed by atoms with E-state index in [1.54, 1.807) is 30.6 Å². The highest BCUT2D eigenvalue weighted by Gasteiger charge is 2.30. The van der Waals surface area contributed by atoms with Gasteiger partial charge in [-0.25, -0.2) is 5.48 Å². The Morgan fingerprint density at radius 3 is 2.96 bits per heavy atom. The molecule has 128 valence electrons. The van der Waals surface area contributed by atoms with Crippen LogP contribution >= 0.6 is 0 Å². The second-order valence-electron chi connectivity index (χ2n) is 5.99. The number of hydrogen-bond donors (Lipinski definition) is 3. The minimum absolute atomic E-state index is 0.107. The number of benzene rings is 2. The van der Waals surface area contributed by atoms with Crippen LogP contribution in [0.15, 0.2) is 54.9 Å². The van der Waals surface area contributed by atoms with E-state index < -0.39 is 13.0 Å². The van der Waals surface area contributed by atoms with Crippen LogP contribution < -0.4 is 16.3 Å². The molecule has 2 heterocycles. The molecule has 2 amide bonds. The Kier molecular flexibility index (Phi) is 4.12. The molecular formula is C18H14BN3O4. The molecule has 7 nitrogen and oxygen atoms in total. The topological polar surface area (TPSA) is 101 Å². The molecule has 0 fully saturated rings. The van der Waals surface area contributed by atoms with Crippen LogP contribution in [0.2, 0.25) is 0 Å². The van der Waals surface area contributed by atoms with Gasteiger partial charge in [-0.3, -0.25) is 19.3 Å². The number of nitrogens with one attached hydrogen (secondary N) is 2. The number of hydroxylamine groups is 1. The Balaban J connectivity index is 1.51. The van der Waals surface area contributed by atoms with Gasteiger partial charge in [0.05, 0.1) is 6.42 Å². The zero-order valence-electron chi connectivity index (χ0n) is 13.6. The Morgan fingerprint density at radius 2 is 2.08 bits per heavy atom. The van der Waals surface area contributed by atoms with E-state index in [0.29, 0.717) is 22.3 Å². The molecule has 0 unspecified atom stereocenters. The van der Waals surface area contributed by atoms with Gasteiger partial charge < -0.3 is 10.3 Å². The maximum Gasteiger partial charge on any atom is 0.515 e. The maximum atomic E-state index is 12.3. The highest BCUT2D eigenvalue weighted by Crippen LogP contribution is 2.18. The number of anilines is 1. The minimum atomic E-state index is -1.25. The number of hydrogen-bond acceptors (Lipinski definition) is 5. The van der Waals surface area contributed by atoms with Crippen molar-refractivity contribution in [1.82, 2.24) is 10.5 Å². The molecule has 4 rings (SSSR count). The first-order chi connectivity index (χ1) is 12.6. The summed E-state index contributed by atoms with van der Waals surface area (Å²) in [6, 6.07) is 12.3. The van der Waals surface area contributed by atoms with Crippen LogP contribution in [0.1, 0.15) is 15.9 Å². The number of carbonyl (C=O) groups excluding carboxylic acids is 2. The molecule has 0 saturated carbocycles. The zero-order chi connectivity index (χ0) is 18.1. The van der Waals surface area contributed by atoms with E-state index in [9.17, 15) is 14.6 Å². The third-order valence-electron chi connectivity index (χ3n) is 4.18. The number of pyridine rings is 1. The molecule has 8 heteroatoms. The molecule has 0 bridgehead atoms. The zero-order valence-corrected chi connectivity index (χ0v) is 13.6. The van der Waals surface area contributed by atoms with Crippen molar-refractivity contribution in [3.05, 3.63) is 66.0 Å². The van der Waals surface area contributed by atoms with Crippen molar-refractivity contribution in [3.8, 4) is 0 Å². The molecule has 3 N–H and O–H groups in total. The lowest BCUT2D eigenvalue weighted by Crippen LogP contribution is -2.50. The SMILES string of the molecule is O=C(Cc1ccc2c(c1)B(O)ONC2=O)Nc1ccc2cnccc2c1. The predicted octanol–water partition coefficient (Wildman–Crippen LogP) is 0.778. The molecule has 1 aliphatic heterocycles. The van der Waals surface area contributed by atoms with Crippen LogP contribution in [0.5, 0.6) is 0 Å². The molecule has 2 aromatic carbocycles. The third kappa shape index (κ3) is 3.15. The van der Waals surface area contributed by atoms with Crippen LogP contribution in [0.4, 0.5) is 5.69 Å². The van der Waals surface area contributed by atoms with Crippen LogP contribution in [-0.4, -0.2) is 28.9 Å². The van der Waals surface area contributed by atoms with Crippen molar-refractivity contribution in [3.63, 3.8) is 0 Å². The average Bonchev–Trinajstić information content (AvgIpc) is 2.65. The van der Waals surface area contributed by atoms with Crippen LogP contribution in [-0.2, 0) is 16.0 Å². The van der Waals surface area contributed by atoms with E-state index in [2.05, 4.69) is 15.8 Å². The predicted molar refractivity (Wildman–Crippen MR) is 96.7 cm³/mol. The molecule has 1 aromatic heterocycles. The van der Waals surface area contributed by atoms with E-state index in [1.165, 1.54) is 0 Å². The number of rotatable bonds is 3. The summed E-state index contributed by atoms with van der Waals surface area (Å²) in [4.78, 5) is 28.1. The maximum absolute atomic E-state index is 12.3. The first-order valence-electron chi connectivity index (χ1n) is 8.01. The third-order valence-corrected chi connectivity index (χ3v) is 4.18. The Labute approximate surface area is 149 Å². The summed E-state index contributed by atoms with van der Waals surface area (Å²) in [7, 11) is -1.25. The van der Waals surface area contributed by atoms with Gasteiger partial charge >= 0.3 is 7.12 Å². The smallest absolute Gasteiger partial charge is 0.422 e. The number of fused-ring (bicyclic) bond motifs is 2. The first kappa shape index (κ1) is 16.3. The van der Waals surface area contributed by atoms with Crippen molar-refractivity contribution in [2.75, 3.05) is 5.32 Å². The van der Waals surface area contributed by atoms with Crippen LogP contribution in [0.3, 0.4) is 0 Å². The summed E-state index contributed by atoms with van der Waals surface area (Å²) < 4.78 is 4.76. The summed E-state index contributed by atoms with van der Waals surface area (Å²) in [6.45, 7) is 0. The number of carbonyl (C=O) groups is 2. The van der Waals surface area contributed by atoms with Crippen molar-refractivity contribution in [2.24, 2.45) is 0 Å². The normalized spacial score (nSPS) is 13.3. The molecule has 3 aromatic rings. The van der Waals surface area contributed by atoms with Gasteiger partial charge in [-0.1, -0.05) is 18.2 Å². The van der Waals surface area contributed by atoms with Gasteiger partial charge in [0.15, 0.2) is 0 Å². The Hall–Kier alpha value is -3.23. The number of amides is 2. The molecule has 0 radical (unpaired) electrons. The first-order valence-corrected chi connectivity index (χ1v) is 8.01. The van der Waals surface area contributed by atoms with E-state index >= 15 is 0 Å². The van der Waals surface area contributed by atoms with E-state index in [0.717, 1.165) is 10.8 Å². The van der Waals surface area contributed by atoms with Gasteiger partial charge in [-0.15, -0.1) is 0 Å². The lowest BCUT2D eigenvalue weighted by Gasteiger charge is -2.19. The fraction of sp³-hybridized carbons (Fsp3) is 0.0556. The van der Waals surface area contributed by atoms with E-state index in [-0.39, 0.29) is 12.3 Å². The summed E-state index contributed by atoms with van der Waals surface area (Å²) in [5.41, 5.74) is 4.16. The fourth-order valence-electron chi connectivity index (χ4n) is 2.91. The van der Waals surface area contributed by atoms with Gasteiger partial charge in [0.1, 0.15) is 0 Å².